The second kappa shape index (κ2) is 9.64. The Kier molecular flexibility index (Phi) is 6.67. The Morgan fingerprint density at radius 1 is 0.970 bits per heavy atom. The number of carbonyl (C=O) groups is 1. The highest BCUT2D eigenvalue weighted by Crippen LogP contribution is 2.30. The third-order valence-electron chi connectivity index (χ3n) is 5.81. The van der Waals surface area contributed by atoms with Crippen molar-refractivity contribution in [1.82, 2.24) is 9.62 Å². The fourth-order valence-corrected chi connectivity index (χ4v) is 5.59. The zero-order valence-electron chi connectivity index (χ0n) is 18.5. The zero-order chi connectivity index (χ0) is 23.4. The molecule has 7 nitrogen and oxygen atoms in total. The van der Waals surface area contributed by atoms with Crippen LogP contribution in [0.1, 0.15) is 16.7 Å². The van der Waals surface area contributed by atoms with Crippen LogP contribution >= 0.6 is 0 Å². The van der Waals surface area contributed by atoms with Gasteiger partial charge in [-0.2, -0.15) is 4.31 Å². The molecule has 172 valence electrons. The summed E-state index contributed by atoms with van der Waals surface area (Å²) in [6.07, 6.45) is 0.299. The normalized spacial score (nSPS) is 16.0. The first-order valence-electron chi connectivity index (χ1n) is 10.6. The molecule has 4 rings (SSSR count). The quantitative estimate of drug-likeness (QED) is 0.578. The second-order valence-electron chi connectivity index (χ2n) is 7.75. The number of amides is 1. The number of methoxy groups -OCH3 is 2. The lowest BCUT2D eigenvalue weighted by Gasteiger charge is -2.35. The first-order chi connectivity index (χ1) is 15.9. The Hall–Kier alpha value is -3.36. The molecule has 0 bridgehead atoms. The van der Waals surface area contributed by atoms with Crippen molar-refractivity contribution in [2.45, 2.75) is 30.4 Å². The highest BCUT2D eigenvalue weighted by atomic mass is 32.2. The average molecular weight is 467 g/mol. The number of hydrogen-bond acceptors (Lipinski definition) is 5. The van der Waals surface area contributed by atoms with E-state index < -0.39 is 16.1 Å². The number of fused-ring (bicyclic) bond motifs is 1. The van der Waals surface area contributed by atoms with Crippen LogP contribution in [0, 0.1) is 0 Å². The van der Waals surface area contributed by atoms with E-state index in [0.717, 1.165) is 16.7 Å². The van der Waals surface area contributed by atoms with Crippen LogP contribution in [0.2, 0.25) is 0 Å². The SMILES string of the molecule is COc1ccc(CNC(=O)C2Cc3ccccc3CN2S(=O)(=O)c2ccccc2)c(OC)c1. The van der Waals surface area contributed by atoms with Gasteiger partial charge in [0.05, 0.1) is 19.1 Å². The Bertz CT molecular complexity index is 1240. The van der Waals surface area contributed by atoms with E-state index in [-0.39, 0.29) is 23.9 Å². The highest BCUT2D eigenvalue weighted by Gasteiger charge is 2.39. The topological polar surface area (TPSA) is 84.9 Å². The standard InChI is InChI=1S/C25H26N2O5S/c1-31-21-13-12-19(24(15-21)32-2)16-26-25(28)23-14-18-8-6-7-9-20(18)17-27(23)33(29,30)22-10-4-3-5-11-22/h3-13,15,23H,14,16-17H2,1-2H3,(H,26,28). The number of hydrogen-bond donors (Lipinski definition) is 1. The van der Waals surface area contributed by atoms with Crippen molar-refractivity contribution in [2.24, 2.45) is 0 Å². The molecule has 3 aromatic rings. The van der Waals surface area contributed by atoms with Crippen molar-refractivity contribution in [1.29, 1.82) is 0 Å². The summed E-state index contributed by atoms with van der Waals surface area (Å²) in [4.78, 5) is 13.5. The van der Waals surface area contributed by atoms with E-state index in [9.17, 15) is 13.2 Å². The Balaban J connectivity index is 1.61. The van der Waals surface area contributed by atoms with E-state index in [2.05, 4.69) is 5.32 Å². The van der Waals surface area contributed by atoms with E-state index >= 15 is 0 Å². The predicted molar refractivity (Wildman–Crippen MR) is 124 cm³/mol. The number of rotatable bonds is 7. The predicted octanol–water partition coefficient (Wildman–Crippen LogP) is 3.14. The molecule has 8 heteroatoms. The van der Waals surface area contributed by atoms with E-state index in [1.165, 1.54) is 4.31 Å². The lowest BCUT2D eigenvalue weighted by molar-refractivity contribution is -0.125. The lowest BCUT2D eigenvalue weighted by atomic mass is 9.95. The molecule has 0 fully saturated rings. The molecule has 0 radical (unpaired) electrons. The van der Waals surface area contributed by atoms with Gasteiger partial charge in [0.1, 0.15) is 17.5 Å². The molecule has 1 unspecified atom stereocenters. The van der Waals surface area contributed by atoms with Gasteiger partial charge >= 0.3 is 0 Å². The van der Waals surface area contributed by atoms with E-state index in [1.807, 2.05) is 30.3 Å². The molecule has 33 heavy (non-hydrogen) atoms. The summed E-state index contributed by atoms with van der Waals surface area (Å²) in [6.45, 7) is 0.334. The molecule has 0 aromatic heterocycles. The van der Waals surface area contributed by atoms with E-state index in [4.69, 9.17) is 9.47 Å². The Morgan fingerprint density at radius 2 is 1.67 bits per heavy atom. The van der Waals surface area contributed by atoms with Crippen molar-refractivity contribution >= 4 is 15.9 Å². The number of benzene rings is 3. The van der Waals surface area contributed by atoms with Gasteiger partial charge in [-0.15, -0.1) is 0 Å². The van der Waals surface area contributed by atoms with Crippen LogP contribution in [0.3, 0.4) is 0 Å². The molecule has 1 aliphatic heterocycles. The summed E-state index contributed by atoms with van der Waals surface area (Å²) in [5.74, 6) is 0.866. The minimum absolute atomic E-state index is 0.136. The summed E-state index contributed by atoms with van der Waals surface area (Å²) < 4.78 is 38.9. The van der Waals surface area contributed by atoms with Gasteiger partial charge in [0, 0.05) is 24.7 Å². The van der Waals surface area contributed by atoms with Gasteiger partial charge in [0.15, 0.2) is 0 Å². The number of nitrogens with zero attached hydrogens (tertiary/aromatic N) is 1. The van der Waals surface area contributed by atoms with Gasteiger partial charge < -0.3 is 14.8 Å². The van der Waals surface area contributed by atoms with Crippen molar-refractivity contribution in [2.75, 3.05) is 14.2 Å². The van der Waals surface area contributed by atoms with Gasteiger partial charge in [-0.3, -0.25) is 4.79 Å². The molecule has 1 aliphatic rings. The minimum Gasteiger partial charge on any atom is -0.497 e. The third kappa shape index (κ3) is 4.72. The molecular weight excluding hydrogens is 440 g/mol. The molecule has 1 amide bonds. The van der Waals surface area contributed by atoms with Crippen LogP contribution in [0.25, 0.3) is 0 Å². The maximum absolute atomic E-state index is 13.5. The average Bonchev–Trinajstić information content (AvgIpc) is 2.86. The number of ether oxygens (including phenoxy) is 2. The molecule has 0 saturated heterocycles. The summed E-state index contributed by atoms with van der Waals surface area (Å²) in [6, 6.07) is 20.3. The van der Waals surface area contributed by atoms with Crippen molar-refractivity contribution < 1.29 is 22.7 Å². The summed E-state index contributed by atoms with van der Waals surface area (Å²) in [5, 5.41) is 2.90. The lowest BCUT2D eigenvalue weighted by Crippen LogP contribution is -2.52. The van der Waals surface area contributed by atoms with Gasteiger partial charge in [0.2, 0.25) is 15.9 Å². The van der Waals surface area contributed by atoms with Gasteiger partial charge in [-0.25, -0.2) is 8.42 Å². The molecule has 1 N–H and O–H groups in total. The smallest absolute Gasteiger partial charge is 0.244 e. The largest absolute Gasteiger partial charge is 0.497 e. The van der Waals surface area contributed by atoms with Crippen LogP contribution < -0.4 is 14.8 Å². The number of nitrogens with one attached hydrogen (secondary N) is 1. The molecule has 3 aromatic carbocycles. The minimum atomic E-state index is -3.87. The summed E-state index contributed by atoms with van der Waals surface area (Å²) >= 11 is 0. The molecule has 1 heterocycles. The first kappa shape index (κ1) is 22.8. The van der Waals surface area contributed by atoms with Crippen molar-refractivity contribution in [3.8, 4) is 11.5 Å². The van der Waals surface area contributed by atoms with Crippen LogP contribution in [0.15, 0.2) is 77.7 Å². The van der Waals surface area contributed by atoms with Crippen LogP contribution in [-0.2, 0) is 34.3 Å². The van der Waals surface area contributed by atoms with Gasteiger partial charge in [0.25, 0.3) is 0 Å². The highest BCUT2D eigenvalue weighted by molar-refractivity contribution is 7.89. The second-order valence-corrected chi connectivity index (χ2v) is 9.64. The van der Waals surface area contributed by atoms with Gasteiger partial charge in [-0.05, 0) is 41.8 Å². The maximum atomic E-state index is 13.5. The molecule has 0 aliphatic carbocycles. The third-order valence-corrected chi connectivity index (χ3v) is 7.67. The maximum Gasteiger partial charge on any atom is 0.244 e. The van der Waals surface area contributed by atoms with Gasteiger partial charge in [-0.1, -0.05) is 42.5 Å². The van der Waals surface area contributed by atoms with E-state index in [0.29, 0.717) is 17.9 Å². The monoisotopic (exact) mass is 466 g/mol. The Labute approximate surface area is 194 Å². The molecule has 0 saturated carbocycles. The van der Waals surface area contributed by atoms with Crippen molar-refractivity contribution in [3.63, 3.8) is 0 Å². The molecule has 1 atom stereocenters. The zero-order valence-corrected chi connectivity index (χ0v) is 19.3. The van der Waals surface area contributed by atoms with Crippen LogP contribution in [0.5, 0.6) is 11.5 Å². The molecule has 0 spiro atoms. The molecular formula is C25H26N2O5S. The number of carbonyl (C=O) groups excluding carboxylic acids is 1. The van der Waals surface area contributed by atoms with Crippen LogP contribution in [-0.4, -0.2) is 38.9 Å². The fraction of sp³-hybridized carbons (Fsp3) is 0.240. The summed E-state index contributed by atoms with van der Waals surface area (Å²) in [7, 11) is -0.756. The first-order valence-corrected chi connectivity index (χ1v) is 12.0. The summed E-state index contributed by atoms with van der Waals surface area (Å²) in [5.41, 5.74) is 2.64. The fourth-order valence-electron chi connectivity index (χ4n) is 4.00. The van der Waals surface area contributed by atoms with E-state index in [1.54, 1.807) is 56.7 Å². The van der Waals surface area contributed by atoms with Crippen molar-refractivity contribution in [3.05, 3.63) is 89.5 Å². The Morgan fingerprint density at radius 3 is 2.36 bits per heavy atom. The number of sulfonamides is 1. The van der Waals surface area contributed by atoms with Crippen LogP contribution in [0.4, 0.5) is 0 Å².